The Labute approximate surface area is 127 Å². The zero-order valence-corrected chi connectivity index (χ0v) is 12.8. The molecule has 2 aromatic carbocycles. The van der Waals surface area contributed by atoms with Gasteiger partial charge in [-0.2, -0.15) is 0 Å². The van der Waals surface area contributed by atoms with Crippen LogP contribution in [0.15, 0.2) is 52.3 Å². The Morgan fingerprint density at radius 1 is 1.17 bits per heavy atom. The van der Waals surface area contributed by atoms with Crippen LogP contribution in [-0.4, -0.2) is 11.1 Å². The van der Waals surface area contributed by atoms with Crippen LogP contribution in [0.4, 0.5) is 0 Å². The molecule has 0 aromatic heterocycles. The van der Waals surface area contributed by atoms with Crippen LogP contribution < -0.4 is 0 Å². The maximum Gasteiger partial charge on any atom is 0.335 e. The monoisotopic (exact) mass is 390 g/mol. The minimum atomic E-state index is -0.918. The zero-order valence-electron chi connectivity index (χ0n) is 9.06. The zero-order chi connectivity index (χ0) is 13.1. The molecule has 0 atom stereocenters. The van der Waals surface area contributed by atoms with E-state index in [-0.39, 0.29) is 5.56 Å². The summed E-state index contributed by atoms with van der Waals surface area (Å²) in [6.07, 6.45) is 0. The molecular weight excluding hydrogens is 383 g/mol. The molecule has 2 aromatic rings. The first-order valence-corrected chi connectivity index (χ1v) is 7.30. The lowest BCUT2D eigenvalue weighted by molar-refractivity contribution is 0.0697. The molecule has 0 saturated heterocycles. The second-order valence-corrected chi connectivity index (χ2v) is 6.27. The molecule has 0 saturated carbocycles. The number of carboxylic acid groups (broad SMARTS) is 1. The summed E-state index contributed by atoms with van der Waals surface area (Å²) in [4.78, 5) is 12.7. The van der Waals surface area contributed by atoms with E-state index in [1.165, 1.54) is 11.8 Å². The third-order valence-electron chi connectivity index (χ3n) is 2.22. The topological polar surface area (TPSA) is 37.3 Å². The second-order valence-electron chi connectivity index (χ2n) is 3.51. The molecular formula is C13H8ClIO2S. The highest BCUT2D eigenvalue weighted by molar-refractivity contribution is 14.1. The van der Waals surface area contributed by atoms with Crippen molar-refractivity contribution in [2.24, 2.45) is 0 Å². The maximum absolute atomic E-state index is 10.7. The van der Waals surface area contributed by atoms with E-state index in [9.17, 15) is 4.79 Å². The van der Waals surface area contributed by atoms with Gasteiger partial charge in [-0.25, -0.2) is 4.79 Å². The average Bonchev–Trinajstić information content (AvgIpc) is 2.33. The van der Waals surface area contributed by atoms with Gasteiger partial charge in [-0.3, -0.25) is 0 Å². The number of aromatic carboxylic acids is 1. The smallest absolute Gasteiger partial charge is 0.335 e. The Balaban J connectivity index is 2.21. The Morgan fingerprint density at radius 2 is 1.83 bits per heavy atom. The van der Waals surface area contributed by atoms with Crippen LogP contribution in [-0.2, 0) is 0 Å². The number of carboxylic acids is 1. The fraction of sp³-hybridized carbons (Fsp3) is 0. The van der Waals surface area contributed by atoms with Crippen LogP contribution >= 0.6 is 46.0 Å². The van der Waals surface area contributed by atoms with Crippen molar-refractivity contribution in [1.29, 1.82) is 0 Å². The highest BCUT2D eigenvalue weighted by atomic mass is 127. The van der Waals surface area contributed by atoms with Crippen molar-refractivity contribution in [3.8, 4) is 0 Å². The molecule has 0 aliphatic heterocycles. The minimum absolute atomic E-state index is 0.285. The van der Waals surface area contributed by atoms with Crippen molar-refractivity contribution in [2.75, 3.05) is 0 Å². The first-order chi connectivity index (χ1) is 8.56. The Hall–Kier alpha value is -0.720. The van der Waals surface area contributed by atoms with Gasteiger partial charge in [0.2, 0.25) is 0 Å². The first kappa shape index (κ1) is 13.7. The summed E-state index contributed by atoms with van der Waals surface area (Å²) >= 11 is 9.86. The number of halogens is 2. The normalized spacial score (nSPS) is 10.3. The summed E-state index contributed by atoms with van der Waals surface area (Å²) in [7, 11) is 0. The van der Waals surface area contributed by atoms with Gasteiger partial charge in [-0.1, -0.05) is 23.4 Å². The van der Waals surface area contributed by atoms with Crippen LogP contribution in [0.2, 0.25) is 5.02 Å². The van der Waals surface area contributed by atoms with Gasteiger partial charge in [-0.05, 0) is 65.1 Å². The third kappa shape index (κ3) is 3.40. The van der Waals surface area contributed by atoms with Gasteiger partial charge in [0.25, 0.3) is 0 Å². The molecule has 0 amide bonds. The first-order valence-electron chi connectivity index (χ1n) is 5.02. The van der Waals surface area contributed by atoms with Crippen molar-refractivity contribution >= 4 is 51.9 Å². The molecule has 0 spiro atoms. The molecule has 0 heterocycles. The molecule has 0 aliphatic carbocycles. The van der Waals surface area contributed by atoms with Crippen LogP contribution in [0.5, 0.6) is 0 Å². The highest BCUT2D eigenvalue weighted by Gasteiger charge is 2.05. The van der Waals surface area contributed by atoms with E-state index in [1.54, 1.807) is 24.3 Å². The van der Waals surface area contributed by atoms with Crippen LogP contribution in [0, 0.1) is 3.57 Å². The quantitative estimate of drug-likeness (QED) is 0.765. The number of hydrogen-bond acceptors (Lipinski definition) is 2. The predicted octanol–water partition coefficient (Wildman–Crippen LogP) is 4.79. The molecule has 0 fully saturated rings. The molecule has 1 N–H and O–H groups in total. The van der Waals surface area contributed by atoms with Crippen molar-refractivity contribution < 1.29 is 9.90 Å². The van der Waals surface area contributed by atoms with E-state index in [0.717, 1.165) is 13.4 Å². The molecule has 0 unspecified atom stereocenters. The van der Waals surface area contributed by atoms with Gasteiger partial charge in [0.15, 0.2) is 0 Å². The number of hydrogen-bond donors (Lipinski definition) is 1. The van der Waals surface area contributed by atoms with Gasteiger partial charge in [0.1, 0.15) is 0 Å². The summed E-state index contributed by atoms with van der Waals surface area (Å²) in [6, 6.07) is 12.6. The van der Waals surface area contributed by atoms with Crippen LogP contribution in [0.1, 0.15) is 10.4 Å². The van der Waals surface area contributed by atoms with E-state index in [0.29, 0.717) is 5.02 Å². The summed E-state index contributed by atoms with van der Waals surface area (Å²) in [5.74, 6) is -0.918. The van der Waals surface area contributed by atoms with Crippen molar-refractivity contribution in [3.63, 3.8) is 0 Å². The highest BCUT2D eigenvalue weighted by Crippen LogP contribution is 2.34. The Kier molecular flexibility index (Phi) is 4.53. The van der Waals surface area contributed by atoms with Gasteiger partial charge in [-0.15, -0.1) is 0 Å². The summed E-state index contributed by atoms with van der Waals surface area (Å²) in [5, 5.41) is 9.51. The Bertz CT molecular complexity index is 584. The lowest BCUT2D eigenvalue weighted by atomic mass is 10.2. The molecule has 18 heavy (non-hydrogen) atoms. The maximum atomic E-state index is 10.7. The molecule has 0 bridgehead atoms. The molecule has 5 heteroatoms. The van der Waals surface area contributed by atoms with E-state index in [4.69, 9.17) is 16.7 Å². The predicted molar refractivity (Wildman–Crippen MR) is 81.7 cm³/mol. The fourth-order valence-corrected chi connectivity index (χ4v) is 3.14. The largest absolute Gasteiger partial charge is 0.478 e. The van der Waals surface area contributed by atoms with E-state index in [2.05, 4.69) is 22.6 Å². The van der Waals surface area contributed by atoms with Gasteiger partial charge in [0, 0.05) is 13.4 Å². The van der Waals surface area contributed by atoms with Gasteiger partial charge in [0.05, 0.1) is 10.6 Å². The van der Waals surface area contributed by atoms with Crippen molar-refractivity contribution in [2.45, 2.75) is 9.79 Å². The minimum Gasteiger partial charge on any atom is -0.478 e. The SMILES string of the molecule is O=C(O)c1ccc(Sc2ccc(I)cc2Cl)cc1. The lowest BCUT2D eigenvalue weighted by Crippen LogP contribution is -1.94. The molecule has 0 aliphatic rings. The van der Waals surface area contributed by atoms with Gasteiger partial charge >= 0.3 is 5.97 Å². The molecule has 2 rings (SSSR count). The number of carbonyl (C=O) groups is 1. The summed E-state index contributed by atoms with van der Waals surface area (Å²) in [5.41, 5.74) is 0.285. The molecule has 2 nitrogen and oxygen atoms in total. The number of rotatable bonds is 3. The van der Waals surface area contributed by atoms with Crippen LogP contribution in [0.25, 0.3) is 0 Å². The van der Waals surface area contributed by atoms with E-state index >= 15 is 0 Å². The summed E-state index contributed by atoms with van der Waals surface area (Å²) in [6.45, 7) is 0. The third-order valence-corrected chi connectivity index (χ3v) is 4.40. The van der Waals surface area contributed by atoms with Crippen LogP contribution in [0.3, 0.4) is 0 Å². The standard InChI is InChI=1S/C13H8ClIO2S/c14-11-7-9(15)3-6-12(11)18-10-4-1-8(2-5-10)13(16)17/h1-7H,(H,16,17). The summed E-state index contributed by atoms with van der Waals surface area (Å²) < 4.78 is 1.09. The Morgan fingerprint density at radius 3 is 2.39 bits per heavy atom. The lowest BCUT2D eigenvalue weighted by Gasteiger charge is -2.05. The number of benzene rings is 2. The second kappa shape index (κ2) is 5.95. The van der Waals surface area contributed by atoms with Crippen molar-refractivity contribution in [3.05, 3.63) is 56.6 Å². The average molecular weight is 391 g/mol. The molecule has 92 valence electrons. The van der Waals surface area contributed by atoms with E-state index < -0.39 is 5.97 Å². The van der Waals surface area contributed by atoms with E-state index in [1.807, 2.05) is 18.2 Å². The van der Waals surface area contributed by atoms with Crippen molar-refractivity contribution in [1.82, 2.24) is 0 Å². The van der Waals surface area contributed by atoms with Gasteiger partial charge < -0.3 is 5.11 Å². The molecule has 0 radical (unpaired) electrons. The fourth-order valence-electron chi connectivity index (χ4n) is 1.35.